The second-order valence-corrected chi connectivity index (χ2v) is 10.4. The highest BCUT2D eigenvalue weighted by molar-refractivity contribution is 4.82. The monoisotopic (exact) mass is 451 g/mol. The molecular weight excluding hydrogens is 394 g/mol. The third kappa shape index (κ3) is 9.97. The number of nitrogens with one attached hydrogen (secondary N) is 2. The summed E-state index contributed by atoms with van der Waals surface area (Å²) < 4.78 is 0. The first-order valence-electron chi connectivity index (χ1n) is 14.3. The van der Waals surface area contributed by atoms with Crippen molar-refractivity contribution in [3.63, 3.8) is 0 Å². The quantitative estimate of drug-likeness (QED) is 0.645. The van der Waals surface area contributed by atoms with Crippen LogP contribution in [0, 0.1) is 23.7 Å². The van der Waals surface area contributed by atoms with Crippen LogP contribution in [0.15, 0.2) is 0 Å². The number of rotatable bonds is 6. The first-order valence-corrected chi connectivity index (χ1v) is 14.3. The summed E-state index contributed by atoms with van der Waals surface area (Å²) in [5.41, 5.74) is 0. The van der Waals surface area contributed by atoms with Gasteiger partial charge in [-0.15, -0.1) is 0 Å². The Bertz CT molecular complexity index is 437. The Morgan fingerprint density at radius 2 is 1.00 bits per heavy atom. The number of piperidine rings is 3. The molecule has 0 aromatic carbocycles. The van der Waals surface area contributed by atoms with Gasteiger partial charge in [-0.2, -0.15) is 0 Å². The van der Waals surface area contributed by atoms with Crippen LogP contribution in [-0.4, -0.2) is 99.8 Å². The molecule has 4 aliphatic heterocycles. The van der Waals surface area contributed by atoms with Crippen LogP contribution in [0.25, 0.3) is 0 Å². The third-order valence-corrected chi connectivity index (χ3v) is 7.83. The van der Waals surface area contributed by atoms with Crippen LogP contribution in [0.1, 0.15) is 66.7 Å². The Kier molecular flexibility index (Phi) is 14.4. The van der Waals surface area contributed by atoms with Crippen molar-refractivity contribution in [2.24, 2.45) is 23.7 Å². The minimum atomic E-state index is 0.866. The Balaban J connectivity index is 0.000000860. The van der Waals surface area contributed by atoms with Gasteiger partial charge in [0.15, 0.2) is 0 Å². The molecule has 0 aliphatic carbocycles. The van der Waals surface area contributed by atoms with Gasteiger partial charge in [-0.25, -0.2) is 0 Å². The topological polar surface area (TPSA) is 33.8 Å². The predicted molar refractivity (Wildman–Crippen MR) is 140 cm³/mol. The summed E-state index contributed by atoms with van der Waals surface area (Å²) in [5, 5.41) is 7.10. The van der Waals surface area contributed by atoms with Gasteiger partial charge in [0.2, 0.25) is 0 Å². The minimum Gasteiger partial charge on any atom is -0.316 e. The van der Waals surface area contributed by atoms with E-state index in [4.69, 9.17) is 0 Å². The molecule has 4 fully saturated rings. The van der Waals surface area contributed by atoms with E-state index < -0.39 is 0 Å². The number of hydrogen-bond donors (Lipinski definition) is 2. The first-order chi connectivity index (χ1) is 15.7. The third-order valence-electron chi connectivity index (χ3n) is 7.83. The van der Waals surface area contributed by atoms with Crippen LogP contribution in [0.5, 0.6) is 0 Å². The van der Waals surface area contributed by atoms with Crippen LogP contribution in [0.2, 0.25) is 0 Å². The molecule has 190 valence electrons. The maximum Gasteiger partial charge on any atom is 0.0107 e. The summed E-state index contributed by atoms with van der Waals surface area (Å²) in [6.45, 7) is 27.2. The van der Waals surface area contributed by atoms with E-state index in [1.807, 2.05) is 27.7 Å². The van der Waals surface area contributed by atoms with Gasteiger partial charge in [-0.1, -0.05) is 34.6 Å². The molecule has 0 spiro atoms. The van der Waals surface area contributed by atoms with Gasteiger partial charge in [0, 0.05) is 45.8 Å². The fourth-order valence-corrected chi connectivity index (χ4v) is 6.10. The molecule has 5 heteroatoms. The number of likely N-dealkylation sites (tertiary alicyclic amines) is 2. The lowest BCUT2D eigenvalue weighted by atomic mass is 9.89. The van der Waals surface area contributed by atoms with E-state index in [0.29, 0.717) is 0 Å². The van der Waals surface area contributed by atoms with E-state index in [9.17, 15) is 0 Å². The molecule has 0 aromatic rings. The molecule has 4 saturated heterocycles. The molecule has 2 atom stereocenters. The summed E-state index contributed by atoms with van der Waals surface area (Å²) >= 11 is 0. The summed E-state index contributed by atoms with van der Waals surface area (Å²) in [5.74, 6) is 3.65. The van der Waals surface area contributed by atoms with Gasteiger partial charge >= 0.3 is 0 Å². The molecule has 4 aliphatic rings. The molecule has 0 bridgehead atoms. The van der Waals surface area contributed by atoms with Gasteiger partial charge in [-0.3, -0.25) is 0 Å². The van der Waals surface area contributed by atoms with Crippen molar-refractivity contribution < 1.29 is 0 Å². The molecule has 5 nitrogen and oxygen atoms in total. The fraction of sp³-hybridized carbons (Fsp3) is 1.00. The van der Waals surface area contributed by atoms with Crippen molar-refractivity contribution in [3.05, 3.63) is 0 Å². The van der Waals surface area contributed by atoms with Crippen LogP contribution in [0.3, 0.4) is 0 Å². The summed E-state index contributed by atoms with van der Waals surface area (Å²) in [7, 11) is 0. The van der Waals surface area contributed by atoms with Crippen molar-refractivity contribution in [2.45, 2.75) is 66.7 Å². The van der Waals surface area contributed by atoms with E-state index >= 15 is 0 Å². The summed E-state index contributed by atoms with van der Waals surface area (Å²) in [6.07, 6.45) is 7.13. The van der Waals surface area contributed by atoms with Crippen LogP contribution in [0.4, 0.5) is 0 Å². The Morgan fingerprint density at radius 3 is 1.47 bits per heavy atom. The fourth-order valence-electron chi connectivity index (χ4n) is 6.10. The smallest absolute Gasteiger partial charge is 0.0107 e. The summed E-state index contributed by atoms with van der Waals surface area (Å²) in [6, 6.07) is 0. The molecule has 4 heterocycles. The highest BCUT2D eigenvalue weighted by atomic mass is 15.2. The molecule has 0 saturated carbocycles. The standard InChI is InChI=1S/C23H45N5.2C2H6/c1-20-14-23(16-25-15-20)19-27-10-4-21(5-11-27)17-26-8-2-22(3-9-26)18-28-12-6-24-7-13-28;2*1-2/h20-25H,2-19H2,1H3;2*1-2H3. The Morgan fingerprint density at radius 1 is 0.562 bits per heavy atom. The molecule has 2 unspecified atom stereocenters. The van der Waals surface area contributed by atoms with E-state index in [0.717, 1.165) is 23.7 Å². The van der Waals surface area contributed by atoms with Crippen molar-refractivity contribution in [1.82, 2.24) is 25.3 Å². The molecular formula is C27H57N5. The highest BCUT2D eigenvalue weighted by Gasteiger charge is 2.27. The zero-order valence-corrected chi connectivity index (χ0v) is 22.4. The molecule has 2 N–H and O–H groups in total. The maximum atomic E-state index is 3.63. The zero-order chi connectivity index (χ0) is 23.2. The number of nitrogens with zero attached hydrogens (tertiary/aromatic N) is 3. The van der Waals surface area contributed by atoms with Gasteiger partial charge in [0.1, 0.15) is 0 Å². The van der Waals surface area contributed by atoms with E-state index in [-0.39, 0.29) is 0 Å². The average Bonchev–Trinajstić information content (AvgIpc) is 2.85. The van der Waals surface area contributed by atoms with Crippen molar-refractivity contribution >= 4 is 0 Å². The Labute approximate surface area is 201 Å². The molecule has 0 aromatic heterocycles. The normalized spacial score (nSPS) is 29.5. The number of piperazine rings is 1. The average molecular weight is 452 g/mol. The second-order valence-electron chi connectivity index (χ2n) is 10.4. The lowest BCUT2D eigenvalue weighted by Gasteiger charge is -2.40. The highest BCUT2D eigenvalue weighted by Crippen LogP contribution is 2.25. The van der Waals surface area contributed by atoms with Crippen LogP contribution >= 0.6 is 0 Å². The van der Waals surface area contributed by atoms with Gasteiger partial charge in [0.25, 0.3) is 0 Å². The SMILES string of the molecule is CC.CC.CC1CNCC(CN2CCC(CN3CCC(CN4CCNCC4)CC3)CC2)C1. The van der Waals surface area contributed by atoms with Gasteiger partial charge in [0.05, 0.1) is 0 Å². The van der Waals surface area contributed by atoms with Crippen molar-refractivity contribution in [2.75, 3.05) is 85.1 Å². The lowest BCUT2D eigenvalue weighted by molar-refractivity contribution is 0.0937. The predicted octanol–water partition coefficient (Wildman–Crippen LogP) is 3.61. The Hall–Kier alpha value is -0.200. The van der Waals surface area contributed by atoms with E-state index in [2.05, 4.69) is 32.3 Å². The zero-order valence-electron chi connectivity index (χ0n) is 22.4. The molecule has 4 rings (SSSR count). The van der Waals surface area contributed by atoms with Gasteiger partial charge < -0.3 is 25.3 Å². The molecule has 0 radical (unpaired) electrons. The minimum absolute atomic E-state index is 0.866. The van der Waals surface area contributed by atoms with E-state index in [1.165, 1.54) is 117 Å². The maximum absolute atomic E-state index is 3.63. The first kappa shape index (κ1) is 28.0. The van der Waals surface area contributed by atoms with E-state index in [1.54, 1.807) is 0 Å². The molecule has 32 heavy (non-hydrogen) atoms. The molecule has 0 amide bonds. The van der Waals surface area contributed by atoms with Gasteiger partial charge in [-0.05, 0) is 95.0 Å². The van der Waals surface area contributed by atoms with Crippen molar-refractivity contribution in [1.29, 1.82) is 0 Å². The van der Waals surface area contributed by atoms with Crippen LogP contribution in [-0.2, 0) is 0 Å². The van der Waals surface area contributed by atoms with Crippen LogP contribution < -0.4 is 10.6 Å². The number of hydrogen-bond acceptors (Lipinski definition) is 5. The van der Waals surface area contributed by atoms with Crippen molar-refractivity contribution in [3.8, 4) is 0 Å². The lowest BCUT2D eigenvalue weighted by Crippen LogP contribution is -2.47. The second kappa shape index (κ2) is 16.4. The largest absolute Gasteiger partial charge is 0.316 e. The summed E-state index contributed by atoms with van der Waals surface area (Å²) in [4.78, 5) is 8.25.